The summed E-state index contributed by atoms with van der Waals surface area (Å²) in [4.78, 5) is 0. The molecule has 0 saturated heterocycles. The van der Waals surface area contributed by atoms with Crippen LogP contribution in [0.4, 0.5) is 0 Å². The molecule has 0 fully saturated rings. The molecule has 3 rings (SSSR count). The molecule has 1 aliphatic rings. The predicted molar refractivity (Wildman–Crippen MR) is 80.6 cm³/mol. The van der Waals surface area contributed by atoms with E-state index >= 15 is 0 Å². The Morgan fingerprint density at radius 2 is 2.20 bits per heavy atom. The normalized spacial score (nSPS) is 18.2. The SMILES string of the molecule is CC(C)Cn1nnnc1SC1CCCc2ccccc21. The maximum atomic E-state index is 4.20. The van der Waals surface area contributed by atoms with Crippen molar-refractivity contribution in [2.24, 2.45) is 5.92 Å². The summed E-state index contributed by atoms with van der Waals surface area (Å²) in [6, 6.07) is 8.77. The van der Waals surface area contributed by atoms with E-state index in [1.807, 2.05) is 16.4 Å². The summed E-state index contributed by atoms with van der Waals surface area (Å²) in [6.07, 6.45) is 3.65. The Balaban J connectivity index is 1.81. The van der Waals surface area contributed by atoms with Crippen LogP contribution in [-0.2, 0) is 13.0 Å². The van der Waals surface area contributed by atoms with Crippen LogP contribution in [0.25, 0.3) is 0 Å². The van der Waals surface area contributed by atoms with Crippen LogP contribution >= 0.6 is 11.8 Å². The minimum atomic E-state index is 0.483. The number of aryl methyl sites for hydroxylation is 1. The molecule has 106 valence electrons. The zero-order chi connectivity index (χ0) is 13.9. The van der Waals surface area contributed by atoms with Gasteiger partial charge in [-0.25, -0.2) is 4.68 Å². The van der Waals surface area contributed by atoms with Gasteiger partial charge in [0.05, 0.1) is 0 Å². The molecule has 4 nitrogen and oxygen atoms in total. The zero-order valence-corrected chi connectivity index (χ0v) is 12.8. The molecular weight excluding hydrogens is 268 g/mol. The van der Waals surface area contributed by atoms with Crippen molar-refractivity contribution in [1.29, 1.82) is 0 Å². The summed E-state index contributed by atoms with van der Waals surface area (Å²) >= 11 is 1.81. The minimum absolute atomic E-state index is 0.483. The van der Waals surface area contributed by atoms with Gasteiger partial charge in [0, 0.05) is 11.8 Å². The fraction of sp³-hybridized carbons (Fsp3) is 0.533. The lowest BCUT2D eigenvalue weighted by Gasteiger charge is -2.24. The Morgan fingerprint density at radius 3 is 3.05 bits per heavy atom. The van der Waals surface area contributed by atoms with E-state index in [1.54, 1.807) is 0 Å². The summed E-state index contributed by atoms with van der Waals surface area (Å²) in [5, 5.41) is 13.6. The van der Waals surface area contributed by atoms with E-state index in [-0.39, 0.29) is 0 Å². The van der Waals surface area contributed by atoms with Gasteiger partial charge in [-0.05, 0) is 46.7 Å². The van der Waals surface area contributed by atoms with Gasteiger partial charge >= 0.3 is 0 Å². The zero-order valence-electron chi connectivity index (χ0n) is 12.0. The number of hydrogen-bond donors (Lipinski definition) is 0. The molecule has 0 radical (unpaired) electrons. The van der Waals surface area contributed by atoms with Gasteiger partial charge in [-0.3, -0.25) is 0 Å². The van der Waals surface area contributed by atoms with Gasteiger partial charge in [-0.1, -0.05) is 49.9 Å². The van der Waals surface area contributed by atoms with E-state index < -0.39 is 0 Å². The number of hydrogen-bond acceptors (Lipinski definition) is 4. The average molecular weight is 288 g/mol. The molecular formula is C15H20N4S. The molecule has 0 saturated carbocycles. The fourth-order valence-corrected chi connectivity index (χ4v) is 3.91. The number of nitrogens with zero attached hydrogens (tertiary/aromatic N) is 4. The first-order valence-corrected chi connectivity index (χ1v) is 8.12. The highest BCUT2D eigenvalue weighted by Gasteiger charge is 2.23. The van der Waals surface area contributed by atoms with Gasteiger partial charge in [0.25, 0.3) is 0 Å². The molecule has 0 N–H and O–H groups in total. The number of thioether (sulfide) groups is 1. The highest BCUT2D eigenvalue weighted by Crippen LogP contribution is 2.42. The number of tetrazole rings is 1. The monoisotopic (exact) mass is 288 g/mol. The van der Waals surface area contributed by atoms with Gasteiger partial charge in [0.2, 0.25) is 5.16 Å². The third-order valence-electron chi connectivity index (χ3n) is 3.60. The molecule has 0 aliphatic heterocycles. The Kier molecular flexibility index (Phi) is 4.05. The maximum Gasteiger partial charge on any atom is 0.209 e. The third kappa shape index (κ3) is 2.87. The van der Waals surface area contributed by atoms with Crippen LogP contribution in [-0.4, -0.2) is 20.2 Å². The van der Waals surface area contributed by atoms with Gasteiger partial charge in [-0.15, -0.1) is 5.10 Å². The van der Waals surface area contributed by atoms with E-state index in [0.717, 1.165) is 11.7 Å². The lowest BCUT2D eigenvalue weighted by molar-refractivity contribution is 0.445. The van der Waals surface area contributed by atoms with Crippen molar-refractivity contribution in [2.45, 2.75) is 50.1 Å². The van der Waals surface area contributed by atoms with Crippen LogP contribution in [0.5, 0.6) is 0 Å². The predicted octanol–water partition coefficient (Wildman–Crippen LogP) is 3.50. The van der Waals surface area contributed by atoms with Crippen molar-refractivity contribution >= 4 is 11.8 Å². The molecule has 2 aromatic rings. The lowest BCUT2D eigenvalue weighted by Crippen LogP contribution is -2.11. The van der Waals surface area contributed by atoms with Crippen LogP contribution in [0.2, 0.25) is 0 Å². The van der Waals surface area contributed by atoms with Gasteiger partial charge < -0.3 is 0 Å². The average Bonchev–Trinajstić information content (AvgIpc) is 2.86. The first-order chi connectivity index (χ1) is 9.74. The standard InChI is InChI=1S/C15H20N4S/c1-11(2)10-19-15(16-17-18-19)20-14-9-5-7-12-6-3-4-8-13(12)14/h3-4,6,8,11,14H,5,7,9-10H2,1-2H3. The summed E-state index contributed by atoms with van der Waals surface area (Å²) in [6.45, 7) is 5.25. The molecule has 1 heterocycles. The first-order valence-electron chi connectivity index (χ1n) is 7.24. The fourth-order valence-electron chi connectivity index (χ4n) is 2.70. The highest BCUT2D eigenvalue weighted by molar-refractivity contribution is 7.99. The van der Waals surface area contributed by atoms with Gasteiger partial charge in [0.15, 0.2) is 0 Å². The van der Waals surface area contributed by atoms with Crippen LogP contribution in [0.1, 0.15) is 43.1 Å². The van der Waals surface area contributed by atoms with E-state index in [4.69, 9.17) is 0 Å². The van der Waals surface area contributed by atoms with Crippen LogP contribution < -0.4 is 0 Å². The smallest absolute Gasteiger partial charge is 0.209 e. The number of rotatable bonds is 4. The van der Waals surface area contributed by atoms with Crippen LogP contribution in [0.15, 0.2) is 29.4 Å². The Morgan fingerprint density at radius 1 is 1.35 bits per heavy atom. The molecule has 1 aliphatic carbocycles. The third-order valence-corrected chi connectivity index (χ3v) is 4.88. The van der Waals surface area contributed by atoms with Crippen molar-refractivity contribution in [3.05, 3.63) is 35.4 Å². The van der Waals surface area contributed by atoms with Gasteiger partial charge in [-0.2, -0.15) is 0 Å². The number of aromatic nitrogens is 4. The molecule has 1 aromatic heterocycles. The van der Waals surface area contributed by atoms with Crippen molar-refractivity contribution in [3.8, 4) is 0 Å². The lowest BCUT2D eigenvalue weighted by atomic mass is 9.91. The molecule has 5 heteroatoms. The van der Waals surface area contributed by atoms with Crippen molar-refractivity contribution in [2.75, 3.05) is 0 Å². The van der Waals surface area contributed by atoms with E-state index in [9.17, 15) is 0 Å². The topological polar surface area (TPSA) is 43.6 Å². The second-order valence-electron chi connectivity index (χ2n) is 5.73. The molecule has 1 aromatic carbocycles. The first kappa shape index (κ1) is 13.6. The van der Waals surface area contributed by atoms with Crippen LogP contribution in [0.3, 0.4) is 0 Å². The highest BCUT2D eigenvalue weighted by atomic mass is 32.2. The van der Waals surface area contributed by atoms with Crippen molar-refractivity contribution in [1.82, 2.24) is 20.2 Å². The van der Waals surface area contributed by atoms with Crippen molar-refractivity contribution in [3.63, 3.8) is 0 Å². The Bertz CT molecular complexity index is 579. The summed E-state index contributed by atoms with van der Waals surface area (Å²) in [7, 11) is 0. The largest absolute Gasteiger partial charge is 0.220 e. The van der Waals surface area contributed by atoms with Crippen LogP contribution in [0, 0.1) is 5.92 Å². The number of benzene rings is 1. The Labute approximate surface area is 124 Å². The van der Waals surface area contributed by atoms with E-state index in [1.165, 1.54) is 30.4 Å². The van der Waals surface area contributed by atoms with E-state index in [0.29, 0.717) is 11.2 Å². The summed E-state index contributed by atoms with van der Waals surface area (Å²) in [5.74, 6) is 0.552. The molecule has 0 amide bonds. The molecule has 0 bridgehead atoms. The molecule has 0 spiro atoms. The van der Waals surface area contributed by atoms with E-state index in [2.05, 4.69) is 53.6 Å². The van der Waals surface area contributed by atoms with Gasteiger partial charge in [0.1, 0.15) is 0 Å². The minimum Gasteiger partial charge on any atom is -0.220 e. The van der Waals surface area contributed by atoms with Crippen molar-refractivity contribution < 1.29 is 0 Å². The molecule has 1 atom stereocenters. The maximum absolute atomic E-state index is 4.20. The molecule has 1 unspecified atom stereocenters. The molecule has 20 heavy (non-hydrogen) atoms. The number of fused-ring (bicyclic) bond motifs is 1. The summed E-state index contributed by atoms with van der Waals surface area (Å²) in [5.41, 5.74) is 2.95. The summed E-state index contributed by atoms with van der Waals surface area (Å²) < 4.78 is 1.94. The Hall–Kier alpha value is -1.36. The second-order valence-corrected chi connectivity index (χ2v) is 6.90. The second kappa shape index (κ2) is 5.95. The quantitative estimate of drug-likeness (QED) is 0.863.